The second-order valence-electron chi connectivity index (χ2n) is 5.95. The Hall–Kier alpha value is -2.08. The number of aliphatic hydroxyl groups is 1. The molecule has 4 rings (SSSR count). The van der Waals surface area contributed by atoms with Gasteiger partial charge in [-0.3, -0.25) is 0 Å². The van der Waals surface area contributed by atoms with Crippen molar-refractivity contribution in [1.29, 1.82) is 0 Å². The summed E-state index contributed by atoms with van der Waals surface area (Å²) < 4.78 is 22.1. The normalized spacial score (nSPS) is 18.0. The summed E-state index contributed by atoms with van der Waals surface area (Å²) in [6.07, 6.45) is 0.328. The zero-order chi connectivity index (χ0) is 16.4. The number of benzene rings is 2. The number of aryl methyl sites for hydroxylation is 1. The van der Waals surface area contributed by atoms with E-state index in [1.54, 1.807) is 0 Å². The average Bonchev–Trinajstić information content (AvgIpc) is 3.30. The van der Waals surface area contributed by atoms with Crippen molar-refractivity contribution in [2.75, 3.05) is 20.0 Å². The third-order valence-electron chi connectivity index (χ3n) is 4.36. The molecule has 1 N–H and O–H groups in total. The van der Waals surface area contributed by atoms with Gasteiger partial charge in [-0.2, -0.15) is 0 Å². The van der Waals surface area contributed by atoms with Crippen LogP contribution in [0.2, 0.25) is 0 Å². The highest BCUT2D eigenvalue weighted by Crippen LogP contribution is 2.41. The van der Waals surface area contributed by atoms with Crippen LogP contribution in [-0.4, -0.2) is 25.1 Å². The fourth-order valence-corrected chi connectivity index (χ4v) is 3.11. The van der Waals surface area contributed by atoms with E-state index in [1.807, 2.05) is 30.3 Å². The van der Waals surface area contributed by atoms with Gasteiger partial charge in [0.25, 0.3) is 0 Å². The molecule has 2 aliphatic heterocycles. The van der Waals surface area contributed by atoms with Gasteiger partial charge in [-0.25, -0.2) is 0 Å². The highest BCUT2D eigenvalue weighted by molar-refractivity contribution is 5.50. The van der Waals surface area contributed by atoms with Crippen LogP contribution in [0.4, 0.5) is 0 Å². The van der Waals surface area contributed by atoms with E-state index in [1.165, 1.54) is 5.56 Å². The van der Waals surface area contributed by atoms with Gasteiger partial charge < -0.3 is 24.1 Å². The van der Waals surface area contributed by atoms with Crippen molar-refractivity contribution in [1.82, 2.24) is 0 Å². The fraction of sp³-hybridized carbons (Fsp3) is 0.368. The molecule has 1 fully saturated rings. The fourth-order valence-electron chi connectivity index (χ4n) is 3.11. The molecule has 24 heavy (non-hydrogen) atoms. The van der Waals surface area contributed by atoms with E-state index < -0.39 is 12.4 Å². The second kappa shape index (κ2) is 6.81. The number of hydrogen-bond acceptors (Lipinski definition) is 5. The van der Waals surface area contributed by atoms with Crippen LogP contribution in [0.5, 0.6) is 11.5 Å². The zero-order valence-electron chi connectivity index (χ0n) is 13.3. The van der Waals surface area contributed by atoms with E-state index in [-0.39, 0.29) is 6.79 Å². The third kappa shape index (κ3) is 3.11. The van der Waals surface area contributed by atoms with Crippen LogP contribution in [0.15, 0.2) is 42.5 Å². The topological polar surface area (TPSA) is 57.2 Å². The molecule has 0 aromatic heterocycles. The number of aliphatic hydroxyl groups excluding tert-OH is 1. The van der Waals surface area contributed by atoms with Gasteiger partial charge in [-0.05, 0) is 36.1 Å². The Balaban J connectivity index is 1.58. The minimum Gasteiger partial charge on any atom is -0.454 e. The number of rotatable bonds is 5. The summed E-state index contributed by atoms with van der Waals surface area (Å²) in [4.78, 5) is 0. The predicted octanol–water partition coefficient (Wildman–Crippen LogP) is 3.13. The summed E-state index contributed by atoms with van der Waals surface area (Å²) in [6, 6.07) is 13.8. The molecule has 2 aromatic carbocycles. The molecule has 2 heterocycles. The lowest BCUT2D eigenvalue weighted by Gasteiger charge is -2.19. The quantitative estimate of drug-likeness (QED) is 0.914. The second-order valence-corrected chi connectivity index (χ2v) is 5.95. The van der Waals surface area contributed by atoms with E-state index in [0.717, 1.165) is 17.5 Å². The molecule has 0 bridgehead atoms. The van der Waals surface area contributed by atoms with E-state index in [0.29, 0.717) is 31.1 Å². The Morgan fingerprint density at radius 3 is 2.46 bits per heavy atom. The molecule has 0 radical (unpaired) electrons. The van der Waals surface area contributed by atoms with Crippen LogP contribution in [0, 0.1) is 0 Å². The molecule has 2 aromatic rings. The first-order valence-corrected chi connectivity index (χ1v) is 8.20. The van der Waals surface area contributed by atoms with Crippen molar-refractivity contribution in [2.45, 2.75) is 25.2 Å². The first kappa shape index (κ1) is 15.4. The largest absolute Gasteiger partial charge is 0.454 e. The lowest BCUT2D eigenvalue weighted by Crippen LogP contribution is -2.08. The van der Waals surface area contributed by atoms with Crippen molar-refractivity contribution in [3.8, 4) is 11.5 Å². The summed E-state index contributed by atoms with van der Waals surface area (Å²) in [5.74, 6) is 1.33. The molecule has 0 aliphatic carbocycles. The van der Waals surface area contributed by atoms with Crippen molar-refractivity contribution in [3.05, 3.63) is 59.2 Å². The molecular formula is C19H20O5. The van der Waals surface area contributed by atoms with E-state index in [2.05, 4.69) is 12.1 Å². The van der Waals surface area contributed by atoms with E-state index in [9.17, 15) is 5.11 Å². The molecule has 0 amide bonds. The van der Waals surface area contributed by atoms with Gasteiger partial charge >= 0.3 is 0 Å². The van der Waals surface area contributed by atoms with Gasteiger partial charge in [-0.1, -0.05) is 30.3 Å². The maximum atomic E-state index is 10.7. The maximum absolute atomic E-state index is 10.7. The highest BCUT2D eigenvalue weighted by atomic mass is 16.7. The van der Waals surface area contributed by atoms with Crippen LogP contribution >= 0.6 is 0 Å². The van der Waals surface area contributed by atoms with Crippen molar-refractivity contribution < 1.29 is 24.1 Å². The van der Waals surface area contributed by atoms with Crippen LogP contribution in [0.1, 0.15) is 35.5 Å². The van der Waals surface area contributed by atoms with E-state index >= 15 is 0 Å². The minimum atomic E-state index is -0.623. The lowest BCUT2D eigenvalue weighted by molar-refractivity contribution is -0.0462. The van der Waals surface area contributed by atoms with Gasteiger partial charge in [0.2, 0.25) is 6.79 Å². The minimum absolute atomic E-state index is 0.199. The first-order valence-electron chi connectivity index (χ1n) is 8.20. The van der Waals surface area contributed by atoms with Crippen molar-refractivity contribution >= 4 is 0 Å². The van der Waals surface area contributed by atoms with Gasteiger partial charge in [0, 0.05) is 5.56 Å². The molecule has 1 atom stereocenters. The van der Waals surface area contributed by atoms with E-state index in [4.69, 9.17) is 18.9 Å². The summed E-state index contributed by atoms with van der Waals surface area (Å²) >= 11 is 0. The number of hydrogen-bond donors (Lipinski definition) is 1. The van der Waals surface area contributed by atoms with Gasteiger partial charge in [0.1, 0.15) is 0 Å². The Bertz CT molecular complexity index is 694. The van der Waals surface area contributed by atoms with Crippen LogP contribution in [0.25, 0.3) is 0 Å². The van der Waals surface area contributed by atoms with Crippen LogP contribution in [-0.2, 0) is 15.9 Å². The molecule has 5 heteroatoms. The van der Waals surface area contributed by atoms with Crippen LogP contribution < -0.4 is 9.47 Å². The smallest absolute Gasteiger partial charge is 0.231 e. The zero-order valence-corrected chi connectivity index (χ0v) is 13.3. The molecule has 2 aliphatic rings. The Morgan fingerprint density at radius 2 is 1.71 bits per heavy atom. The molecular weight excluding hydrogens is 308 g/mol. The molecule has 5 nitrogen and oxygen atoms in total. The van der Waals surface area contributed by atoms with Gasteiger partial charge in [-0.15, -0.1) is 0 Å². The molecule has 0 saturated carbocycles. The first-order chi connectivity index (χ1) is 11.8. The Labute approximate surface area is 140 Å². The van der Waals surface area contributed by atoms with Crippen molar-refractivity contribution in [2.24, 2.45) is 0 Å². The SMILES string of the molecule is OC(CCc1ccccc1)c1cc2c(cc1C1OCCO1)OCO2. The molecule has 1 unspecified atom stereocenters. The predicted molar refractivity (Wildman–Crippen MR) is 86.9 cm³/mol. The summed E-state index contributed by atoms with van der Waals surface area (Å²) in [6.45, 7) is 1.31. The Kier molecular flexibility index (Phi) is 4.38. The average molecular weight is 328 g/mol. The number of fused-ring (bicyclic) bond motifs is 1. The van der Waals surface area contributed by atoms with Crippen LogP contribution in [0.3, 0.4) is 0 Å². The summed E-state index contributed by atoms with van der Waals surface area (Å²) in [7, 11) is 0. The summed E-state index contributed by atoms with van der Waals surface area (Å²) in [5.41, 5.74) is 2.80. The highest BCUT2D eigenvalue weighted by Gasteiger charge is 2.28. The molecule has 1 saturated heterocycles. The lowest BCUT2D eigenvalue weighted by atomic mass is 9.96. The van der Waals surface area contributed by atoms with Gasteiger partial charge in [0.05, 0.1) is 19.3 Å². The number of ether oxygens (including phenoxy) is 4. The Morgan fingerprint density at radius 1 is 1.00 bits per heavy atom. The maximum Gasteiger partial charge on any atom is 0.231 e. The van der Waals surface area contributed by atoms with Crippen molar-refractivity contribution in [3.63, 3.8) is 0 Å². The standard InChI is InChI=1S/C19H20O5/c20-16(7-6-13-4-2-1-3-5-13)14-10-17-18(24-12-23-17)11-15(14)19-21-8-9-22-19/h1-5,10-11,16,19-20H,6-9,12H2. The summed E-state index contributed by atoms with van der Waals surface area (Å²) in [5, 5.41) is 10.7. The van der Waals surface area contributed by atoms with Gasteiger partial charge in [0.15, 0.2) is 17.8 Å². The third-order valence-corrected chi connectivity index (χ3v) is 4.36. The molecule has 126 valence electrons. The molecule has 0 spiro atoms. The monoisotopic (exact) mass is 328 g/mol.